The lowest BCUT2D eigenvalue weighted by Crippen LogP contribution is -2.35. The van der Waals surface area contributed by atoms with E-state index in [1.807, 2.05) is 12.1 Å². The van der Waals surface area contributed by atoms with Crippen LogP contribution in [0.2, 0.25) is 0 Å². The van der Waals surface area contributed by atoms with Gasteiger partial charge in [-0.25, -0.2) is 4.98 Å². The van der Waals surface area contributed by atoms with Crippen molar-refractivity contribution in [2.45, 2.75) is 13.1 Å². The van der Waals surface area contributed by atoms with Gasteiger partial charge in [-0.05, 0) is 39.2 Å². The van der Waals surface area contributed by atoms with Crippen LogP contribution in [0.5, 0.6) is 0 Å². The highest BCUT2D eigenvalue weighted by atomic mass is 79.9. The standard InChI is InChI=1S/C17H20BrN3O/c18-16-4-5-17(20-12-16)19-11-14-2-1-3-15(10-14)13-21-6-8-22-9-7-21/h1-5,10,12H,6-9,11,13H2,(H,19,20). The van der Waals surface area contributed by atoms with Crippen LogP contribution in [-0.2, 0) is 17.8 Å². The molecule has 0 spiro atoms. The van der Waals surface area contributed by atoms with Crippen LogP contribution in [0.4, 0.5) is 5.82 Å². The Morgan fingerprint density at radius 2 is 1.95 bits per heavy atom. The predicted octanol–water partition coefficient (Wildman–Crippen LogP) is 3.29. The summed E-state index contributed by atoms with van der Waals surface area (Å²) in [4.78, 5) is 6.77. The lowest BCUT2D eigenvalue weighted by Gasteiger charge is -2.26. The maximum Gasteiger partial charge on any atom is 0.126 e. The largest absolute Gasteiger partial charge is 0.379 e. The lowest BCUT2D eigenvalue weighted by atomic mass is 10.1. The van der Waals surface area contributed by atoms with Gasteiger partial charge in [-0.2, -0.15) is 0 Å². The number of hydrogen-bond donors (Lipinski definition) is 1. The first kappa shape index (κ1) is 15.5. The number of pyridine rings is 1. The molecule has 0 radical (unpaired) electrons. The molecule has 1 aliphatic rings. The van der Waals surface area contributed by atoms with E-state index in [0.29, 0.717) is 0 Å². The van der Waals surface area contributed by atoms with E-state index in [4.69, 9.17) is 4.74 Å². The van der Waals surface area contributed by atoms with Crippen LogP contribution in [0.1, 0.15) is 11.1 Å². The number of ether oxygens (including phenoxy) is 1. The molecule has 1 aliphatic heterocycles. The molecule has 0 atom stereocenters. The second kappa shape index (κ2) is 7.72. The lowest BCUT2D eigenvalue weighted by molar-refractivity contribution is 0.0342. The van der Waals surface area contributed by atoms with E-state index < -0.39 is 0 Å². The topological polar surface area (TPSA) is 37.4 Å². The smallest absolute Gasteiger partial charge is 0.126 e. The summed E-state index contributed by atoms with van der Waals surface area (Å²) in [5.41, 5.74) is 2.63. The number of halogens is 1. The third kappa shape index (κ3) is 4.53. The summed E-state index contributed by atoms with van der Waals surface area (Å²) in [5.74, 6) is 0.891. The number of morpholine rings is 1. The summed E-state index contributed by atoms with van der Waals surface area (Å²) >= 11 is 3.39. The minimum absolute atomic E-state index is 0.783. The zero-order valence-electron chi connectivity index (χ0n) is 12.5. The fourth-order valence-electron chi connectivity index (χ4n) is 2.53. The van der Waals surface area contributed by atoms with Crippen LogP contribution in [0.15, 0.2) is 47.1 Å². The summed E-state index contributed by atoms with van der Waals surface area (Å²) in [6.45, 7) is 5.50. The second-order valence-corrected chi connectivity index (χ2v) is 6.34. The Morgan fingerprint density at radius 3 is 2.73 bits per heavy atom. The Morgan fingerprint density at radius 1 is 1.14 bits per heavy atom. The van der Waals surface area contributed by atoms with E-state index in [1.165, 1.54) is 11.1 Å². The number of nitrogens with one attached hydrogen (secondary N) is 1. The van der Waals surface area contributed by atoms with Crippen LogP contribution in [-0.4, -0.2) is 36.2 Å². The molecule has 1 aromatic heterocycles. The average Bonchev–Trinajstić information content (AvgIpc) is 2.56. The van der Waals surface area contributed by atoms with Gasteiger partial charge in [0.1, 0.15) is 5.82 Å². The van der Waals surface area contributed by atoms with Gasteiger partial charge in [0.15, 0.2) is 0 Å². The van der Waals surface area contributed by atoms with E-state index in [1.54, 1.807) is 6.20 Å². The minimum Gasteiger partial charge on any atom is -0.379 e. The molecule has 3 rings (SSSR count). The molecule has 1 aromatic carbocycles. The van der Waals surface area contributed by atoms with Crippen molar-refractivity contribution in [2.24, 2.45) is 0 Å². The highest BCUT2D eigenvalue weighted by molar-refractivity contribution is 9.10. The van der Waals surface area contributed by atoms with Gasteiger partial charge in [-0.3, -0.25) is 4.90 Å². The molecule has 1 saturated heterocycles. The molecule has 22 heavy (non-hydrogen) atoms. The van der Waals surface area contributed by atoms with Crippen LogP contribution in [0.25, 0.3) is 0 Å². The normalized spacial score (nSPS) is 15.7. The molecule has 0 amide bonds. The van der Waals surface area contributed by atoms with Crippen LogP contribution < -0.4 is 5.32 Å². The van der Waals surface area contributed by atoms with Gasteiger partial charge in [-0.15, -0.1) is 0 Å². The Bertz CT molecular complexity index is 597. The Kier molecular flexibility index (Phi) is 5.43. The van der Waals surface area contributed by atoms with Crippen molar-refractivity contribution in [1.29, 1.82) is 0 Å². The molecule has 5 heteroatoms. The van der Waals surface area contributed by atoms with Crippen molar-refractivity contribution >= 4 is 21.7 Å². The molecule has 116 valence electrons. The van der Waals surface area contributed by atoms with E-state index in [9.17, 15) is 0 Å². The number of aromatic nitrogens is 1. The van der Waals surface area contributed by atoms with E-state index >= 15 is 0 Å². The maximum atomic E-state index is 5.40. The van der Waals surface area contributed by atoms with Gasteiger partial charge in [-0.1, -0.05) is 24.3 Å². The molecule has 2 heterocycles. The number of anilines is 1. The molecular weight excluding hydrogens is 342 g/mol. The maximum absolute atomic E-state index is 5.40. The first-order valence-corrected chi connectivity index (χ1v) is 8.32. The van der Waals surface area contributed by atoms with E-state index in [2.05, 4.69) is 55.4 Å². The SMILES string of the molecule is Brc1ccc(NCc2cccc(CN3CCOCC3)c2)nc1. The predicted molar refractivity (Wildman–Crippen MR) is 91.8 cm³/mol. The van der Waals surface area contributed by atoms with Gasteiger partial charge >= 0.3 is 0 Å². The van der Waals surface area contributed by atoms with Crippen LogP contribution >= 0.6 is 15.9 Å². The third-order valence-corrected chi connectivity index (χ3v) is 4.17. The van der Waals surface area contributed by atoms with Gasteiger partial charge in [0.05, 0.1) is 13.2 Å². The second-order valence-electron chi connectivity index (χ2n) is 5.42. The number of nitrogens with zero attached hydrogens (tertiary/aromatic N) is 2. The number of hydrogen-bond acceptors (Lipinski definition) is 4. The molecule has 0 unspecified atom stereocenters. The van der Waals surface area contributed by atoms with Gasteiger partial charge in [0.2, 0.25) is 0 Å². The third-order valence-electron chi connectivity index (χ3n) is 3.70. The van der Waals surface area contributed by atoms with Crippen molar-refractivity contribution < 1.29 is 4.74 Å². The van der Waals surface area contributed by atoms with Gasteiger partial charge in [0, 0.05) is 36.8 Å². The molecule has 0 bridgehead atoms. The van der Waals surface area contributed by atoms with Crippen molar-refractivity contribution in [3.8, 4) is 0 Å². The first-order chi connectivity index (χ1) is 10.8. The van der Waals surface area contributed by atoms with E-state index in [-0.39, 0.29) is 0 Å². The van der Waals surface area contributed by atoms with Crippen molar-refractivity contribution in [3.63, 3.8) is 0 Å². The summed E-state index contributed by atoms with van der Waals surface area (Å²) in [6, 6.07) is 12.7. The van der Waals surface area contributed by atoms with Crippen molar-refractivity contribution in [3.05, 3.63) is 58.2 Å². The highest BCUT2D eigenvalue weighted by Crippen LogP contribution is 2.13. The van der Waals surface area contributed by atoms with Crippen LogP contribution in [0.3, 0.4) is 0 Å². The zero-order valence-corrected chi connectivity index (χ0v) is 14.1. The Labute approximate surface area is 139 Å². The molecule has 1 N–H and O–H groups in total. The minimum atomic E-state index is 0.783. The Balaban J connectivity index is 1.57. The molecule has 4 nitrogen and oxygen atoms in total. The molecule has 2 aromatic rings. The number of rotatable bonds is 5. The molecule has 0 aliphatic carbocycles. The molecule has 0 saturated carbocycles. The van der Waals surface area contributed by atoms with Crippen LogP contribution in [0, 0.1) is 0 Å². The number of benzene rings is 1. The summed E-state index contributed by atoms with van der Waals surface area (Å²) < 4.78 is 6.39. The summed E-state index contributed by atoms with van der Waals surface area (Å²) in [7, 11) is 0. The zero-order chi connectivity index (χ0) is 15.2. The fourth-order valence-corrected chi connectivity index (χ4v) is 2.76. The van der Waals surface area contributed by atoms with Crippen molar-refractivity contribution in [1.82, 2.24) is 9.88 Å². The average molecular weight is 362 g/mol. The fraction of sp³-hybridized carbons (Fsp3) is 0.353. The summed E-state index contributed by atoms with van der Waals surface area (Å²) in [6.07, 6.45) is 1.80. The van der Waals surface area contributed by atoms with Gasteiger partial charge < -0.3 is 10.1 Å². The highest BCUT2D eigenvalue weighted by Gasteiger charge is 2.10. The van der Waals surface area contributed by atoms with E-state index in [0.717, 1.165) is 49.7 Å². The first-order valence-electron chi connectivity index (χ1n) is 7.53. The molecular formula is C17H20BrN3O. The quantitative estimate of drug-likeness (QED) is 0.886. The summed E-state index contributed by atoms with van der Waals surface area (Å²) in [5, 5.41) is 3.35. The Hall–Kier alpha value is -1.43. The van der Waals surface area contributed by atoms with Gasteiger partial charge in [0.25, 0.3) is 0 Å². The van der Waals surface area contributed by atoms with Crippen molar-refractivity contribution in [2.75, 3.05) is 31.6 Å². The monoisotopic (exact) mass is 361 g/mol. The molecule has 1 fully saturated rings.